The smallest absolute Gasteiger partial charge is 0.0158 e. The van der Waals surface area contributed by atoms with E-state index in [1.807, 2.05) is 0 Å². The fourth-order valence-corrected chi connectivity index (χ4v) is 2.94. The van der Waals surface area contributed by atoms with Crippen molar-refractivity contribution in [2.24, 2.45) is 0 Å². The third-order valence-electron chi connectivity index (χ3n) is 3.82. The molecule has 0 nitrogen and oxygen atoms in total. The van der Waals surface area contributed by atoms with E-state index in [2.05, 4.69) is 63.2 Å². The Kier molecular flexibility index (Phi) is 1.79. The quantitative estimate of drug-likeness (QED) is 0.605. The van der Waals surface area contributed by atoms with Gasteiger partial charge in [0.05, 0.1) is 0 Å². The van der Waals surface area contributed by atoms with Crippen molar-refractivity contribution in [3.63, 3.8) is 0 Å². The topological polar surface area (TPSA) is 0 Å². The zero-order chi connectivity index (χ0) is 11.3. The van der Waals surface area contributed by atoms with Crippen LogP contribution in [0.5, 0.6) is 0 Å². The fourth-order valence-electron chi connectivity index (χ4n) is 2.94. The first-order valence-corrected chi connectivity index (χ1v) is 5.82. The van der Waals surface area contributed by atoms with Gasteiger partial charge in [-0.3, -0.25) is 0 Å². The highest BCUT2D eigenvalue weighted by Crippen LogP contribution is 2.49. The summed E-state index contributed by atoms with van der Waals surface area (Å²) < 4.78 is 0. The molecule has 80 valence electrons. The molecule has 0 aliphatic heterocycles. The van der Waals surface area contributed by atoms with Gasteiger partial charge in [-0.05, 0) is 34.7 Å². The molecule has 0 amide bonds. The maximum Gasteiger partial charge on any atom is 0.0158 e. The minimum Gasteiger partial charge on any atom is -0.0619 e. The molecular formula is C16H16. The lowest BCUT2D eigenvalue weighted by molar-refractivity contribution is 0.660. The van der Waals surface area contributed by atoms with Gasteiger partial charge in [-0.25, -0.2) is 0 Å². The van der Waals surface area contributed by atoms with Gasteiger partial charge in [-0.1, -0.05) is 56.3 Å². The summed E-state index contributed by atoms with van der Waals surface area (Å²) in [5, 5.41) is 0. The monoisotopic (exact) mass is 208 g/mol. The van der Waals surface area contributed by atoms with E-state index in [-0.39, 0.29) is 5.41 Å². The number of aryl methyl sites for hydroxylation is 1. The average molecular weight is 208 g/mol. The van der Waals surface area contributed by atoms with Gasteiger partial charge in [0, 0.05) is 5.41 Å². The van der Waals surface area contributed by atoms with Gasteiger partial charge >= 0.3 is 0 Å². The van der Waals surface area contributed by atoms with Crippen molar-refractivity contribution in [1.82, 2.24) is 0 Å². The average Bonchev–Trinajstić information content (AvgIpc) is 2.51. The largest absolute Gasteiger partial charge is 0.0619 e. The lowest BCUT2D eigenvalue weighted by atomic mass is 9.82. The third kappa shape index (κ3) is 1.05. The van der Waals surface area contributed by atoms with Crippen molar-refractivity contribution in [3.8, 4) is 11.1 Å². The van der Waals surface area contributed by atoms with Crippen LogP contribution >= 0.6 is 0 Å². The Balaban J connectivity index is 2.45. The maximum atomic E-state index is 2.32. The third-order valence-corrected chi connectivity index (χ3v) is 3.82. The molecule has 16 heavy (non-hydrogen) atoms. The molecule has 0 fully saturated rings. The Morgan fingerprint density at radius 3 is 2.31 bits per heavy atom. The molecule has 0 spiro atoms. The minimum absolute atomic E-state index is 0.151. The van der Waals surface area contributed by atoms with Gasteiger partial charge in [-0.15, -0.1) is 0 Å². The molecule has 0 aromatic heterocycles. The zero-order valence-corrected chi connectivity index (χ0v) is 10.0. The molecule has 0 bridgehead atoms. The predicted octanol–water partition coefficient (Wildman–Crippen LogP) is 4.30. The van der Waals surface area contributed by atoms with Gasteiger partial charge in [0.1, 0.15) is 0 Å². The maximum absolute atomic E-state index is 2.32. The SMILES string of the molecule is Cc1cccc2c1-c1ccccc1C2(C)C. The fraction of sp³-hybridized carbons (Fsp3) is 0.250. The molecule has 0 radical (unpaired) electrons. The number of hydrogen-bond donors (Lipinski definition) is 0. The van der Waals surface area contributed by atoms with Gasteiger partial charge in [0.2, 0.25) is 0 Å². The predicted molar refractivity (Wildman–Crippen MR) is 68.7 cm³/mol. The van der Waals surface area contributed by atoms with E-state index in [0.717, 1.165) is 0 Å². The molecule has 0 unspecified atom stereocenters. The first-order chi connectivity index (χ1) is 7.62. The van der Waals surface area contributed by atoms with Crippen LogP contribution < -0.4 is 0 Å². The van der Waals surface area contributed by atoms with Crippen LogP contribution in [0.1, 0.15) is 30.5 Å². The van der Waals surface area contributed by atoms with E-state index in [9.17, 15) is 0 Å². The van der Waals surface area contributed by atoms with Crippen molar-refractivity contribution < 1.29 is 0 Å². The lowest BCUT2D eigenvalue weighted by Crippen LogP contribution is -2.14. The van der Waals surface area contributed by atoms with Crippen LogP contribution in [0.3, 0.4) is 0 Å². The Labute approximate surface area is 96.9 Å². The number of benzene rings is 2. The normalized spacial score (nSPS) is 15.7. The van der Waals surface area contributed by atoms with Crippen molar-refractivity contribution in [2.75, 3.05) is 0 Å². The van der Waals surface area contributed by atoms with E-state index >= 15 is 0 Å². The Morgan fingerprint density at radius 1 is 0.812 bits per heavy atom. The second-order valence-corrected chi connectivity index (χ2v) is 5.17. The lowest BCUT2D eigenvalue weighted by Gasteiger charge is -2.21. The van der Waals surface area contributed by atoms with Gasteiger partial charge in [-0.2, -0.15) is 0 Å². The summed E-state index contributed by atoms with van der Waals surface area (Å²) in [5.41, 5.74) is 7.32. The first-order valence-electron chi connectivity index (χ1n) is 5.82. The van der Waals surface area contributed by atoms with Gasteiger partial charge in [0.25, 0.3) is 0 Å². The van der Waals surface area contributed by atoms with Gasteiger partial charge in [0.15, 0.2) is 0 Å². The van der Waals surface area contributed by atoms with E-state index in [0.29, 0.717) is 0 Å². The van der Waals surface area contributed by atoms with Crippen LogP contribution in [0, 0.1) is 6.92 Å². The molecule has 0 N–H and O–H groups in total. The van der Waals surface area contributed by atoms with E-state index in [4.69, 9.17) is 0 Å². The van der Waals surface area contributed by atoms with Crippen molar-refractivity contribution in [3.05, 3.63) is 59.2 Å². The summed E-state index contributed by atoms with van der Waals surface area (Å²) in [5.74, 6) is 0. The highest BCUT2D eigenvalue weighted by atomic mass is 14.4. The molecule has 0 saturated heterocycles. The Hall–Kier alpha value is -1.56. The van der Waals surface area contributed by atoms with Crippen molar-refractivity contribution in [2.45, 2.75) is 26.2 Å². The van der Waals surface area contributed by atoms with Crippen LogP contribution in [-0.4, -0.2) is 0 Å². The molecule has 2 aromatic rings. The summed E-state index contributed by atoms with van der Waals surface area (Å²) in [6, 6.07) is 15.4. The molecule has 0 heteroatoms. The molecule has 1 aliphatic carbocycles. The second kappa shape index (κ2) is 2.98. The van der Waals surface area contributed by atoms with Crippen LogP contribution in [0.2, 0.25) is 0 Å². The molecule has 1 aliphatic rings. The molecule has 0 atom stereocenters. The van der Waals surface area contributed by atoms with Crippen molar-refractivity contribution in [1.29, 1.82) is 0 Å². The minimum atomic E-state index is 0.151. The zero-order valence-electron chi connectivity index (χ0n) is 10.0. The highest BCUT2D eigenvalue weighted by molar-refractivity contribution is 5.82. The van der Waals surface area contributed by atoms with Crippen LogP contribution in [-0.2, 0) is 5.41 Å². The summed E-state index contributed by atoms with van der Waals surface area (Å²) in [7, 11) is 0. The number of hydrogen-bond acceptors (Lipinski definition) is 0. The Morgan fingerprint density at radius 2 is 1.50 bits per heavy atom. The summed E-state index contributed by atoms with van der Waals surface area (Å²) >= 11 is 0. The molecule has 0 heterocycles. The summed E-state index contributed by atoms with van der Waals surface area (Å²) in [4.78, 5) is 0. The molecule has 3 rings (SSSR count). The van der Waals surface area contributed by atoms with E-state index in [1.165, 1.54) is 27.8 Å². The van der Waals surface area contributed by atoms with Crippen LogP contribution in [0.4, 0.5) is 0 Å². The number of rotatable bonds is 0. The Bertz CT molecular complexity index is 562. The number of fused-ring (bicyclic) bond motifs is 3. The molecule has 2 aromatic carbocycles. The second-order valence-electron chi connectivity index (χ2n) is 5.17. The van der Waals surface area contributed by atoms with E-state index < -0.39 is 0 Å². The van der Waals surface area contributed by atoms with Crippen LogP contribution in [0.25, 0.3) is 11.1 Å². The van der Waals surface area contributed by atoms with Crippen LogP contribution in [0.15, 0.2) is 42.5 Å². The molecular weight excluding hydrogens is 192 g/mol. The van der Waals surface area contributed by atoms with E-state index in [1.54, 1.807) is 0 Å². The van der Waals surface area contributed by atoms with Crippen molar-refractivity contribution >= 4 is 0 Å². The summed E-state index contributed by atoms with van der Waals surface area (Å²) in [6.07, 6.45) is 0. The summed E-state index contributed by atoms with van der Waals surface area (Å²) in [6.45, 7) is 6.84. The van der Waals surface area contributed by atoms with Gasteiger partial charge < -0.3 is 0 Å². The highest BCUT2D eigenvalue weighted by Gasteiger charge is 2.35. The standard InChI is InChI=1S/C16H16/c1-11-7-6-10-14-15(11)12-8-4-5-9-13(12)16(14,2)3/h4-10H,1-3H3. The first kappa shape index (κ1) is 9.65. The molecule has 0 saturated carbocycles.